The molecule has 142 valence electrons. The van der Waals surface area contributed by atoms with Gasteiger partial charge in [-0.15, -0.1) is 0 Å². The Morgan fingerprint density at radius 1 is 0.885 bits per heavy atom. The topological polar surface area (TPSA) is 3.24 Å². The summed E-state index contributed by atoms with van der Waals surface area (Å²) in [6.07, 6.45) is 9.39. The summed E-state index contributed by atoms with van der Waals surface area (Å²) < 4.78 is 0. The van der Waals surface area contributed by atoms with E-state index in [-0.39, 0.29) is 0 Å². The Hall–Kier alpha value is -1.26. The fraction of sp³-hybridized carbons (Fsp3) is 0.680. The average Bonchev–Trinajstić information content (AvgIpc) is 2.81. The van der Waals surface area contributed by atoms with Crippen LogP contribution in [0, 0.1) is 22.7 Å². The summed E-state index contributed by atoms with van der Waals surface area (Å²) in [6.45, 7) is 13.1. The van der Waals surface area contributed by atoms with Gasteiger partial charge in [0.15, 0.2) is 0 Å². The summed E-state index contributed by atoms with van der Waals surface area (Å²) in [4.78, 5) is 2.51. The molecule has 1 aliphatic carbocycles. The van der Waals surface area contributed by atoms with Crippen LogP contribution >= 0.6 is 0 Å². The fourth-order valence-corrected chi connectivity index (χ4v) is 5.47. The highest BCUT2D eigenvalue weighted by Gasteiger charge is 2.38. The highest BCUT2D eigenvalue weighted by molar-refractivity contribution is 5.37. The van der Waals surface area contributed by atoms with E-state index in [1.165, 1.54) is 63.6 Å². The van der Waals surface area contributed by atoms with Gasteiger partial charge in [-0.2, -0.15) is 0 Å². The minimum absolute atomic E-state index is 0.443. The third kappa shape index (κ3) is 5.62. The molecule has 1 saturated heterocycles. The quantitative estimate of drug-likeness (QED) is 0.571. The molecule has 1 aliphatic heterocycles. The van der Waals surface area contributed by atoms with E-state index in [1.807, 2.05) is 0 Å². The third-order valence-corrected chi connectivity index (χ3v) is 6.17. The van der Waals surface area contributed by atoms with Crippen LogP contribution in [0.25, 0.3) is 0 Å². The van der Waals surface area contributed by atoms with E-state index >= 15 is 0 Å². The number of hydrogen-bond donors (Lipinski definition) is 0. The van der Waals surface area contributed by atoms with Crippen LogP contribution in [0.1, 0.15) is 89.7 Å². The second-order valence-electron chi connectivity index (χ2n) is 10.2. The van der Waals surface area contributed by atoms with Crippen LogP contribution < -0.4 is 0 Å². The molecule has 0 atom stereocenters. The monoisotopic (exact) mass is 351 g/mol. The van der Waals surface area contributed by atoms with Crippen molar-refractivity contribution in [3.8, 4) is 11.8 Å². The number of nitrogens with zero attached hydrogens (tertiary/aromatic N) is 1. The number of likely N-dealkylation sites (tertiary alicyclic amines) is 1. The summed E-state index contributed by atoms with van der Waals surface area (Å²) in [5.41, 5.74) is 3.55. The van der Waals surface area contributed by atoms with Crippen LogP contribution in [-0.2, 0) is 0 Å². The second-order valence-corrected chi connectivity index (χ2v) is 10.2. The van der Waals surface area contributed by atoms with Crippen molar-refractivity contribution in [2.45, 2.75) is 78.6 Å². The van der Waals surface area contributed by atoms with Crippen LogP contribution in [0.4, 0.5) is 0 Å². The van der Waals surface area contributed by atoms with Crippen molar-refractivity contribution in [1.29, 1.82) is 0 Å². The zero-order valence-electron chi connectivity index (χ0n) is 17.4. The van der Waals surface area contributed by atoms with Crippen LogP contribution in [0.5, 0.6) is 0 Å². The fourth-order valence-electron chi connectivity index (χ4n) is 5.47. The first-order chi connectivity index (χ1) is 12.3. The summed E-state index contributed by atoms with van der Waals surface area (Å²) in [6, 6.07) is 9.13. The number of rotatable bonds is 2. The Morgan fingerprint density at radius 3 is 2.04 bits per heavy atom. The van der Waals surface area contributed by atoms with Gasteiger partial charge in [0.25, 0.3) is 0 Å². The van der Waals surface area contributed by atoms with Gasteiger partial charge in [0.05, 0.1) is 6.54 Å². The zero-order chi connectivity index (χ0) is 18.6. The standard InChI is InChI=1S/C25H37N/c1-24(2)18-23(19-25(3,4)20-24)22-13-11-21(12-14-22)10-9-17-26-15-7-5-6-8-16-26/h11-14,23H,5-8,15-20H2,1-4H3. The van der Waals surface area contributed by atoms with Gasteiger partial charge in [-0.25, -0.2) is 0 Å². The van der Waals surface area contributed by atoms with Crippen molar-refractivity contribution in [1.82, 2.24) is 4.90 Å². The molecule has 2 aliphatic rings. The van der Waals surface area contributed by atoms with Crippen molar-refractivity contribution in [2.24, 2.45) is 10.8 Å². The van der Waals surface area contributed by atoms with E-state index in [0.29, 0.717) is 16.7 Å². The summed E-state index contributed by atoms with van der Waals surface area (Å²) in [5.74, 6) is 7.47. The number of hydrogen-bond acceptors (Lipinski definition) is 1. The molecule has 1 saturated carbocycles. The Labute approximate surface area is 161 Å². The molecule has 2 fully saturated rings. The van der Waals surface area contributed by atoms with Gasteiger partial charge in [-0.1, -0.05) is 64.5 Å². The van der Waals surface area contributed by atoms with Gasteiger partial charge in [-0.05, 0) is 79.6 Å². The molecular formula is C25H37N. The smallest absolute Gasteiger partial charge is 0.0605 e. The molecule has 1 heterocycles. The van der Waals surface area contributed by atoms with Crippen molar-refractivity contribution in [3.63, 3.8) is 0 Å². The molecule has 3 rings (SSSR count). The average molecular weight is 352 g/mol. The Bertz CT molecular complexity index is 617. The molecule has 1 nitrogen and oxygen atoms in total. The minimum Gasteiger partial charge on any atom is -0.292 e. The second kappa shape index (κ2) is 8.18. The first kappa shape index (κ1) is 19.5. The molecule has 0 aromatic heterocycles. The lowest BCUT2D eigenvalue weighted by Crippen LogP contribution is -2.32. The maximum atomic E-state index is 3.40. The Morgan fingerprint density at radius 2 is 1.46 bits per heavy atom. The van der Waals surface area contributed by atoms with Gasteiger partial charge in [0.2, 0.25) is 0 Å². The SMILES string of the molecule is CC1(C)CC(c2ccc(C#CCN3CCCCCC3)cc2)CC(C)(C)C1. The highest BCUT2D eigenvalue weighted by atomic mass is 15.1. The molecule has 0 spiro atoms. The molecule has 1 aromatic rings. The predicted octanol–water partition coefficient (Wildman–Crippen LogP) is 6.23. The molecule has 0 N–H and O–H groups in total. The molecular weight excluding hydrogens is 314 g/mol. The molecule has 1 aromatic carbocycles. The molecule has 0 bridgehead atoms. The normalized spacial score (nSPS) is 23.7. The van der Waals surface area contributed by atoms with Crippen molar-refractivity contribution < 1.29 is 0 Å². The van der Waals surface area contributed by atoms with Crippen molar-refractivity contribution in [3.05, 3.63) is 35.4 Å². The molecule has 0 unspecified atom stereocenters. The molecule has 0 amide bonds. The predicted molar refractivity (Wildman–Crippen MR) is 112 cm³/mol. The maximum Gasteiger partial charge on any atom is 0.0605 e. The van der Waals surface area contributed by atoms with Crippen LogP contribution in [-0.4, -0.2) is 24.5 Å². The van der Waals surface area contributed by atoms with Gasteiger partial charge in [-0.3, -0.25) is 4.90 Å². The van der Waals surface area contributed by atoms with E-state index in [4.69, 9.17) is 0 Å². The van der Waals surface area contributed by atoms with E-state index < -0.39 is 0 Å². The summed E-state index contributed by atoms with van der Waals surface area (Å²) in [5, 5.41) is 0. The summed E-state index contributed by atoms with van der Waals surface area (Å²) >= 11 is 0. The van der Waals surface area contributed by atoms with Gasteiger partial charge in [0, 0.05) is 5.56 Å². The lowest BCUT2D eigenvalue weighted by atomic mass is 9.60. The molecule has 0 radical (unpaired) electrons. The van der Waals surface area contributed by atoms with Crippen LogP contribution in [0.15, 0.2) is 24.3 Å². The largest absolute Gasteiger partial charge is 0.292 e. The minimum atomic E-state index is 0.443. The highest BCUT2D eigenvalue weighted by Crippen LogP contribution is 2.51. The van der Waals surface area contributed by atoms with E-state index in [1.54, 1.807) is 0 Å². The molecule has 1 heteroatoms. The first-order valence-corrected chi connectivity index (χ1v) is 10.6. The lowest BCUT2D eigenvalue weighted by molar-refractivity contribution is 0.0969. The summed E-state index contributed by atoms with van der Waals surface area (Å²) in [7, 11) is 0. The Balaban J connectivity index is 1.61. The van der Waals surface area contributed by atoms with Crippen molar-refractivity contribution in [2.75, 3.05) is 19.6 Å². The van der Waals surface area contributed by atoms with Gasteiger partial charge in [0.1, 0.15) is 0 Å². The Kier molecular flexibility index (Phi) is 6.13. The number of benzene rings is 1. The van der Waals surface area contributed by atoms with Gasteiger partial charge >= 0.3 is 0 Å². The third-order valence-electron chi connectivity index (χ3n) is 6.17. The van der Waals surface area contributed by atoms with Crippen molar-refractivity contribution >= 4 is 0 Å². The van der Waals surface area contributed by atoms with E-state index in [9.17, 15) is 0 Å². The molecule has 26 heavy (non-hydrogen) atoms. The lowest BCUT2D eigenvalue weighted by Gasteiger charge is -2.45. The van der Waals surface area contributed by atoms with E-state index in [2.05, 4.69) is 68.7 Å². The zero-order valence-corrected chi connectivity index (χ0v) is 17.4. The van der Waals surface area contributed by atoms with Crippen LogP contribution in [0.3, 0.4) is 0 Å². The van der Waals surface area contributed by atoms with Gasteiger partial charge < -0.3 is 0 Å². The first-order valence-electron chi connectivity index (χ1n) is 10.6. The van der Waals surface area contributed by atoms with Crippen LogP contribution in [0.2, 0.25) is 0 Å². The van der Waals surface area contributed by atoms with E-state index in [0.717, 1.165) is 12.1 Å². The maximum absolute atomic E-state index is 3.40.